The topological polar surface area (TPSA) is 64.9 Å². The summed E-state index contributed by atoms with van der Waals surface area (Å²) in [5.41, 5.74) is 5.75. The second kappa shape index (κ2) is 8.33. The van der Waals surface area contributed by atoms with E-state index in [1.54, 1.807) is 7.11 Å². The van der Waals surface area contributed by atoms with E-state index in [2.05, 4.69) is 55.4 Å². The van der Waals surface area contributed by atoms with Crippen molar-refractivity contribution in [1.82, 2.24) is 19.7 Å². The van der Waals surface area contributed by atoms with Gasteiger partial charge in [0.2, 0.25) is 0 Å². The molecule has 2 aromatic heterocycles. The highest BCUT2D eigenvalue weighted by Crippen LogP contribution is 2.31. The molecule has 0 aliphatic heterocycles. The maximum Gasteiger partial charge on any atom is 0.161 e. The van der Waals surface area contributed by atoms with Crippen LogP contribution in [0.5, 0.6) is 5.75 Å². The first-order valence-electron chi connectivity index (χ1n) is 11.0. The summed E-state index contributed by atoms with van der Waals surface area (Å²) in [4.78, 5) is 4.61. The molecule has 0 amide bonds. The summed E-state index contributed by atoms with van der Waals surface area (Å²) in [6.07, 6.45) is 1.83. The number of methoxy groups -OCH3 is 1. The molecule has 164 valence electrons. The molecule has 1 N–H and O–H groups in total. The van der Waals surface area contributed by atoms with Gasteiger partial charge in [-0.15, -0.1) is 10.2 Å². The number of hydrogen-bond donors (Lipinski definition) is 1. The minimum atomic E-state index is 0.712. The Bertz CT molecular complexity index is 1610. The van der Waals surface area contributed by atoms with E-state index in [4.69, 9.17) is 4.74 Å². The number of benzene rings is 4. The van der Waals surface area contributed by atoms with E-state index in [0.717, 1.165) is 50.2 Å². The third-order valence-electron chi connectivity index (χ3n) is 5.90. The van der Waals surface area contributed by atoms with Crippen molar-refractivity contribution in [2.24, 2.45) is 0 Å². The molecular weight excluding hydrogens is 422 g/mol. The highest BCUT2D eigenvalue weighted by Gasteiger charge is 2.12. The molecular formula is C28H21N5O. The Morgan fingerprint density at radius 2 is 1.53 bits per heavy atom. The predicted octanol–water partition coefficient (Wildman–Crippen LogP) is 6.39. The van der Waals surface area contributed by atoms with Crippen LogP contribution < -0.4 is 10.1 Å². The van der Waals surface area contributed by atoms with Gasteiger partial charge in [-0.25, -0.2) is 4.98 Å². The Labute approximate surface area is 196 Å². The maximum atomic E-state index is 5.27. The van der Waals surface area contributed by atoms with Crippen molar-refractivity contribution in [1.29, 1.82) is 0 Å². The lowest BCUT2D eigenvalue weighted by atomic mass is 10.0. The van der Waals surface area contributed by atoms with Gasteiger partial charge in [-0.3, -0.25) is 4.57 Å². The molecule has 0 aliphatic carbocycles. The Balaban J connectivity index is 1.36. The molecule has 0 radical (unpaired) electrons. The van der Waals surface area contributed by atoms with Gasteiger partial charge in [0.1, 0.15) is 17.8 Å². The largest absolute Gasteiger partial charge is 0.497 e. The summed E-state index contributed by atoms with van der Waals surface area (Å²) >= 11 is 0. The fourth-order valence-electron chi connectivity index (χ4n) is 4.18. The van der Waals surface area contributed by atoms with Gasteiger partial charge in [-0.05, 0) is 42.5 Å². The van der Waals surface area contributed by atoms with Crippen LogP contribution in [0.3, 0.4) is 0 Å². The van der Waals surface area contributed by atoms with Gasteiger partial charge in [-0.1, -0.05) is 54.6 Å². The van der Waals surface area contributed by atoms with Gasteiger partial charge in [0.15, 0.2) is 5.82 Å². The van der Waals surface area contributed by atoms with Crippen LogP contribution in [0.25, 0.3) is 38.8 Å². The summed E-state index contributed by atoms with van der Waals surface area (Å²) in [6, 6.07) is 32.4. The number of anilines is 2. The van der Waals surface area contributed by atoms with Crippen LogP contribution in [0.1, 0.15) is 0 Å². The number of imidazole rings is 1. The number of aromatic nitrogens is 4. The Morgan fingerprint density at radius 1 is 0.765 bits per heavy atom. The number of fused-ring (bicyclic) bond motifs is 2. The third kappa shape index (κ3) is 3.51. The van der Waals surface area contributed by atoms with Crippen LogP contribution in [-0.4, -0.2) is 26.9 Å². The minimum Gasteiger partial charge on any atom is -0.497 e. The van der Waals surface area contributed by atoms with Gasteiger partial charge in [0.05, 0.1) is 18.1 Å². The summed E-state index contributed by atoms with van der Waals surface area (Å²) in [5.74, 6) is 1.54. The molecule has 4 aromatic carbocycles. The second-order valence-corrected chi connectivity index (χ2v) is 7.95. The average Bonchev–Trinajstić information content (AvgIpc) is 3.33. The molecule has 0 saturated heterocycles. The molecule has 0 unspecified atom stereocenters. The summed E-state index contributed by atoms with van der Waals surface area (Å²) in [5, 5.41) is 14.6. The molecule has 6 rings (SSSR count). The van der Waals surface area contributed by atoms with E-state index >= 15 is 0 Å². The Kier molecular flexibility index (Phi) is 4.88. The predicted molar refractivity (Wildman–Crippen MR) is 136 cm³/mol. The fraction of sp³-hybridized carbons (Fsp3) is 0.0357. The molecule has 2 heterocycles. The first-order chi connectivity index (χ1) is 16.8. The van der Waals surface area contributed by atoms with Crippen molar-refractivity contribution in [3.05, 3.63) is 103 Å². The van der Waals surface area contributed by atoms with Crippen molar-refractivity contribution in [3.8, 4) is 22.7 Å². The molecule has 0 spiro atoms. The highest BCUT2D eigenvalue weighted by molar-refractivity contribution is 6.01. The molecule has 0 atom stereocenters. The van der Waals surface area contributed by atoms with Crippen LogP contribution in [0.4, 0.5) is 11.5 Å². The van der Waals surface area contributed by atoms with Gasteiger partial charge < -0.3 is 10.1 Å². The molecule has 0 fully saturated rings. The van der Waals surface area contributed by atoms with Crippen LogP contribution >= 0.6 is 0 Å². The van der Waals surface area contributed by atoms with Crippen molar-refractivity contribution in [3.63, 3.8) is 0 Å². The number of hydrogen-bond acceptors (Lipinski definition) is 5. The first kappa shape index (κ1) is 19.9. The highest BCUT2D eigenvalue weighted by atomic mass is 16.5. The van der Waals surface area contributed by atoms with Crippen molar-refractivity contribution < 1.29 is 4.74 Å². The first-order valence-corrected chi connectivity index (χ1v) is 11.0. The molecule has 0 saturated carbocycles. The molecule has 0 bridgehead atoms. The minimum absolute atomic E-state index is 0.712. The standard InChI is InChI=1S/C28H21N5O/c1-34-22-14-12-21(13-15-22)33-18-29-25-17-20(11-16-26(25)33)30-28-24-10-6-5-9-23(24)27(31-32-28)19-7-3-2-4-8-19/h2-18H,1H3,(H,30,32). The number of ether oxygens (including phenoxy) is 1. The zero-order valence-corrected chi connectivity index (χ0v) is 18.5. The maximum absolute atomic E-state index is 5.27. The lowest BCUT2D eigenvalue weighted by Crippen LogP contribution is -1.99. The van der Waals surface area contributed by atoms with Crippen LogP contribution in [0.15, 0.2) is 103 Å². The van der Waals surface area contributed by atoms with E-state index in [9.17, 15) is 0 Å². The SMILES string of the molecule is COc1ccc(-n2cnc3cc(Nc4nnc(-c5ccccc5)c5ccccc45)ccc32)cc1. The summed E-state index contributed by atoms with van der Waals surface area (Å²) < 4.78 is 7.32. The number of nitrogens with zero attached hydrogens (tertiary/aromatic N) is 4. The Hall–Kier alpha value is -4.71. The smallest absolute Gasteiger partial charge is 0.161 e. The normalized spacial score (nSPS) is 11.1. The van der Waals surface area contributed by atoms with E-state index in [0.29, 0.717) is 5.82 Å². The quantitative estimate of drug-likeness (QED) is 0.335. The molecule has 6 heteroatoms. The second-order valence-electron chi connectivity index (χ2n) is 7.95. The molecule has 34 heavy (non-hydrogen) atoms. The lowest BCUT2D eigenvalue weighted by molar-refractivity contribution is 0.415. The van der Waals surface area contributed by atoms with Crippen LogP contribution in [-0.2, 0) is 0 Å². The van der Waals surface area contributed by atoms with Gasteiger partial charge in [0.25, 0.3) is 0 Å². The molecule has 6 nitrogen and oxygen atoms in total. The zero-order chi connectivity index (χ0) is 22.9. The van der Waals surface area contributed by atoms with Gasteiger partial charge >= 0.3 is 0 Å². The fourth-order valence-corrected chi connectivity index (χ4v) is 4.18. The van der Waals surface area contributed by atoms with Gasteiger partial charge in [0, 0.05) is 27.7 Å². The molecule has 6 aromatic rings. The summed E-state index contributed by atoms with van der Waals surface area (Å²) in [6.45, 7) is 0. The number of nitrogens with one attached hydrogen (secondary N) is 1. The van der Waals surface area contributed by atoms with E-state index in [-0.39, 0.29) is 0 Å². The van der Waals surface area contributed by atoms with Crippen LogP contribution in [0.2, 0.25) is 0 Å². The monoisotopic (exact) mass is 443 g/mol. The van der Waals surface area contributed by atoms with E-state index in [1.807, 2.05) is 73.1 Å². The van der Waals surface area contributed by atoms with Crippen molar-refractivity contribution >= 4 is 33.3 Å². The lowest BCUT2D eigenvalue weighted by Gasteiger charge is -2.11. The zero-order valence-electron chi connectivity index (χ0n) is 18.5. The number of rotatable bonds is 5. The third-order valence-corrected chi connectivity index (χ3v) is 5.90. The summed E-state index contributed by atoms with van der Waals surface area (Å²) in [7, 11) is 1.67. The average molecular weight is 444 g/mol. The Morgan fingerprint density at radius 3 is 2.32 bits per heavy atom. The van der Waals surface area contributed by atoms with Crippen LogP contribution in [0, 0.1) is 0 Å². The van der Waals surface area contributed by atoms with Crippen molar-refractivity contribution in [2.75, 3.05) is 12.4 Å². The van der Waals surface area contributed by atoms with E-state index in [1.165, 1.54) is 0 Å². The van der Waals surface area contributed by atoms with E-state index < -0.39 is 0 Å². The molecule has 0 aliphatic rings. The van der Waals surface area contributed by atoms with Crippen molar-refractivity contribution in [2.45, 2.75) is 0 Å². The van der Waals surface area contributed by atoms with Gasteiger partial charge in [-0.2, -0.15) is 0 Å².